The highest BCUT2D eigenvalue weighted by Crippen LogP contribution is 2.70. The Morgan fingerprint density at radius 2 is 1.12 bits per heavy atom. The minimum Gasteiger partial charge on any atom is -0.472 e. The fraction of sp³-hybridized carbons (Fsp3) is 0.500. The average Bonchev–Trinajstić information content (AvgIpc) is 3.45. The van der Waals surface area contributed by atoms with E-state index in [9.17, 15) is 18.9 Å². The molecule has 0 saturated heterocycles. The molecule has 0 saturated carbocycles. The van der Waals surface area contributed by atoms with Crippen LogP contribution in [0.5, 0.6) is 15.6 Å². The van der Waals surface area contributed by atoms with E-state index in [-0.39, 0.29) is 27.3 Å². The summed E-state index contributed by atoms with van der Waals surface area (Å²) < 4.78 is 36.9. The molecule has 0 aliphatic rings. The van der Waals surface area contributed by atoms with Crippen molar-refractivity contribution in [1.82, 2.24) is 29.3 Å². The Morgan fingerprint density at radius 1 is 0.750 bits per heavy atom. The van der Waals surface area contributed by atoms with Crippen LogP contribution in [0.2, 0.25) is 0 Å². The van der Waals surface area contributed by atoms with Crippen molar-refractivity contribution in [3.8, 4) is 15.6 Å². The Morgan fingerprint density at radius 3 is 1.50 bits per heavy atom. The first-order chi connectivity index (χ1) is 15.3. The second-order valence-corrected chi connectivity index (χ2v) is 15.3. The lowest BCUT2D eigenvalue weighted by Gasteiger charge is -2.16. The van der Waals surface area contributed by atoms with Gasteiger partial charge >= 0.3 is 20.4 Å². The summed E-state index contributed by atoms with van der Waals surface area (Å²) in [5.74, 6) is -3.88. The minimum atomic E-state index is -3.65. The third kappa shape index (κ3) is 6.24. The van der Waals surface area contributed by atoms with Gasteiger partial charge in [0.15, 0.2) is 6.73 Å². The van der Waals surface area contributed by atoms with E-state index in [2.05, 4.69) is 15.3 Å². The predicted molar refractivity (Wildman–Crippen MR) is 123 cm³/mol. The van der Waals surface area contributed by atoms with Crippen molar-refractivity contribution in [1.29, 1.82) is 0 Å². The lowest BCUT2D eigenvalue weighted by atomic mass is 11.2. The zero-order valence-corrected chi connectivity index (χ0v) is 21.5. The van der Waals surface area contributed by atoms with Crippen molar-refractivity contribution in [3.63, 3.8) is 0 Å². The van der Waals surface area contributed by atoms with Gasteiger partial charge in [-0.05, 0) is 56.8 Å². The maximum absolute atomic E-state index is 13.5. The number of hydrogen-bond donors (Lipinski definition) is 0. The van der Waals surface area contributed by atoms with E-state index in [1.807, 2.05) is 0 Å². The normalized spacial score (nSPS) is 11.6. The molecular weight excluding hydrogens is 547 g/mol. The third-order valence-corrected chi connectivity index (χ3v) is 12.6. The van der Waals surface area contributed by atoms with Crippen LogP contribution in [0.25, 0.3) is 0 Å². The Labute approximate surface area is 199 Å². The average molecular weight is 563 g/mol. The van der Waals surface area contributed by atoms with Crippen molar-refractivity contribution >= 4 is 62.5 Å². The van der Waals surface area contributed by atoms with E-state index < -0.39 is 27.1 Å². The van der Waals surface area contributed by atoms with E-state index in [0.29, 0.717) is 0 Å². The summed E-state index contributed by atoms with van der Waals surface area (Å²) >= 11 is 3.92. The topological polar surface area (TPSA) is 159 Å². The molecule has 32 heavy (non-hydrogen) atoms. The van der Waals surface area contributed by atoms with Gasteiger partial charge in [-0.3, -0.25) is 23.5 Å². The molecule has 0 aromatic carbocycles. The van der Waals surface area contributed by atoms with Gasteiger partial charge in [0.05, 0.1) is 21.3 Å². The largest absolute Gasteiger partial charge is 0.472 e. The van der Waals surface area contributed by atoms with Gasteiger partial charge in [0, 0.05) is 0 Å². The Hall–Kier alpha value is -1.63. The summed E-state index contributed by atoms with van der Waals surface area (Å²) in [5, 5.41) is 12.2. The summed E-state index contributed by atoms with van der Waals surface area (Å²) in [6.45, 7) is -0.430. The summed E-state index contributed by atoms with van der Waals surface area (Å²) in [6.07, 6.45) is 0. The number of nitrogens with zero attached hydrogens (tertiary/aromatic N) is 6. The third-order valence-electron chi connectivity index (χ3n) is 3.30. The molecule has 0 N–H and O–H groups in total. The van der Waals surface area contributed by atoms with Gasteiger partial charge in [0.2, 0.25) is 0 Å². The van der Waals surface area contributed by atoms with Crippen LogP contribution in [-0.2, 0) is 27.6 Å². The molecule has 0 bridgehead atoms. The molecule has 0 fully saturated rings. The van der Waals surface area contributed by atoms with Crippen molar-refractivity contribution in [2.24, 2.45) is 0 Å². The van der Waals surface area contributed by atoms with E-state index >= 15 is 0 Å². The Bertz CT molecular complexity index is 1120. The van der Waals surface area contributed by atoms with Gasteiger partial charge in [-0.15, -0.1) is 15.3 Å². The summed E-state index contributed by atoms with van der Waals surface area (Å²) in [5.41, 5.74) is 0. The van der Waals surface area contributed by atoms with Gasteiger partial charge in [-0.2, -0.15) is 4.68 Å². The quantitative estimate of drug-likeness (QED) is 0.292. The summed E-state index contributed by atoms with van der Waals surface area (Å²) in [6, 6.07) is 0. The van der Waals surface area contributed by atoms with Crippen LogP contribution in [0.1, 0.15) is 0 Å². The first-order valence-electron chi connectivity index (χ1n) is 8.16. The molecular formula is C12H15N6O8PS5. The fourth-order valence-corrected chi connectivity index (χ4v) is 9.05. The highest BCUT2D eigenvalue weighted by atomic mass is 33.1. The maximum atomic E-state index is 13.5. The molecule has 0 aliphatic heterocycles. The Balaban J connectivity index is 1.76. The van der Waals surface area contributed by atoms with Gasteiger partial charge in [-0.25, -0.2) is 9.36 Å². The van der Waals surface area contributed by atoms with Gasteiger partial charge < -0.3 is 14.2 Å². The SMILES string of the molecule is COc1nn(COP(=O)(SCn2nc(OC)sc2=O)SCn2nc(OC)sc2=O)c(=O)s1. The molecule has 0 unspecified atom stereocenters. The van der Waals surface area contributed by atoms with Gasteiger partial charge in [-0.1, -0.05) is 0 Å². The van der Waals surface area contributed by atoms with Crippen LogP contribution in [-0.4, -0.2) is 50.7 Å². The van der Waals surface area contributed by atoms with Gasteiger partial charge in [0.1, 0.15) is 11.8 Å². The molecule has 176 valence electrons. The summed E-state index contributed by atoms with van der Waals surface area (Å²) in [4.78, 5) is 34.6. The molecule has 0 atom stereocenters. The first kappa shape index (κ1) is 25.0. The Kier molecular flexibility index (Phi) is 8.59. The van der Waals surface area contributed by atoms with E-state index in [1.54, 1.807) is 0 Å². The number of aromatic nitrogens is 6. The highest BCUT2D eigenvalue weighted by molar-refractivity contribution is 8.88. The molecule has 3 aromatic heterocycles. The molecule has 3 rings (SSSR count). The van der Waals surface area contributed by atoms with E-state index in [0.717, 1.165) is 70.8 Å². The molecule has 0 amide bonds. The number of rotatable bonds is 12. The second-order valence-electron chi connectivity index (χ2n) is 5.23. The lowest BCUT2D eigenvalue weighted by Crippen LogP contribution is -2.17. The molecule has 3 heterocycles. The fourth-order valence-electron chi connectivity index (χ4n) is 1.84. The van der Waals surface area contributed by atoms with Crippen molar-refractivity contribution in [2.75, 3.05) is 21.3 Å². The monoisotopic (exact) mass is 562 g/mol. The molecule has 0 radical (unpaired) electrons. The zero-order valence-electron chi connectivity index (χ0n) is 16.6. The smallest absolute Gasteiger partial charge is 0.330 e. The lowest BCUT2D eigenvalue weighted by molar-refractivity contribution is 0.230. The standard InChI is InChI=1S/C12H15N6O8PS5/c1-23-7-13-16(10(19)30-7)4-26-27(22,28-5-17-11(20)31-8(14-17)24-2)29-6-18-12(21)32-9(15-18)25-3/h4-6H2,1-3H3. The number of methoxy groups -OCH3 is 3. The van der Waals surface area contributed by atoms with Crippen LogP contribution in [0, 0.1) is 0 Å². The first-order valence-corrected chi connectivity index (χ1v) is 15.4. The molecule has 20 heteroatoms. The predicted octanol–water partition coefficient (Wildman–Crippen LogP) is 1.43. The van der Waals surface area contributed by atoms with Crippen molar-refractivity contribution in [2.45, 2.75) is 18.5 Å². The summed E-state index contributed by atoms with van der Waals surface area (Å²) in [7, 11) is 4.11. The number of hydrogen-bond acceptors (Lipinski definition) is 16. The van der Waals surface area contributed by atoms with Crippen LogP contribution in [0.3, 0.4) is 0 Å². The van der Waals surface area contributed by atoms with Gasteiger partial charge in [0.25, 0.3) is 15.6 Å². The van der Waals surface area contributed by atoms with Crippen molar-refractivity contribution < 1.29 is 23.3 Å². The number of ether oxygens (including phenoxy) is 3. The van der Waals surface area contributed by atoms with E-state index in [1.165, 1.54) is 21.3 Å². The molecule has 0 aliphatic carbocycles. The zero-order chi connectivity index (χ0) is 23.3. The van der Waals surface area contributed by atoms with Crippen LogP contribution >= 0.6 is 62.5 Å². The second kappa shape index (κ2) is 11.0. The minimum absolute atomic E-state index is 0.118. The van der Waals surface area contributed by atoms with Crippen LogP contribution < -0.4 is 28.8 Å². The molecule has 3 aromatic rings. The molecule has 0 spiro atoms. The van der Waals surface area contributed by atoms with Crippen LogP contribution in [0.15, 0.2) is 14.4 Å². The van der Waals surface area contributed by atoms with Crippen molar-refractivity contribution in [3.05, 3.63) is 29.0 Å². The van der Waals surface area contributed by atoms with Crippen LogP contribution in [0.4, 0.5) is 0 Å². The van der Waals surface area contributed by atoms with E-state index in [4.69, 9.17) is 18.7 Å². The molecule has 14 nitrogen and oxygen atoms in total. The highest BCUT2D eigenvalue weighted by Gasteiger charge is 2.28. The maximum Gasteiger partial charge on any atom is 0.330 e.